The zero-order valence-electron chi connectivity index (χ0n) is 10.4. The van der Waals surface area contributed by atoms with Crippen molar-refractivity contribution in [1.82, 2.24) is 4.98 Å². The lowest BCUT2D eigenvalue weighted by atomic mass is 10.3. The number of nitrogens with one attached hydrogen (secondary N) is 1. The van der Waals surface area contributed by atoms with Gasteiger partial charge in [-0.25, -0.2) is 9.78 Å². The molecule has 0 aliphatic carbocycles. The fourth-order valence-corrected chi connectivity index (χ4v) is 2.18. The van der Waals surface area contributed by atoms with Crippen LogP contribution in [0.2, 0.25) is 0 Å². The van der Waals surface area contributed by atoms with Crippen LogP contribution in [-0.4, -0.2) is 27.7 Å². The molecule has 0 aliphatic heterocycles. The molecule has 2 N–H and O–H groups in total. The molecule has 1 amide bonds. The van der Waals surface area contributed by atoms with Crippen LogP contribution in [0.5, 0.6) is 0 Å². The van der Waals surface area contributed by atoms with E-state index in [2.05, 4.69) is 10.3 Å². The summed E-state index contributed by atoms with van der Waals surface area (Å²) in [4.78, 5) is 27.1. The molecule has 0 radical (unpaired) electrons. The third-order valence-corrected chi connectivity index (χ3v) is 3.39. The van der Waals surface area contributed by atoms with Gasteiger partial charge in [0.2, 0.25) is 5.91 Å². The molecular weight excluding hydrogens is 276 g/mol. The number of carboxylic acid groups (broad SMARTS) is 1. The van der Waals surface area contributed by atoms with Crippen molar-refractivity contribution < 1.29 is 14.7 Å². The van der Waals surface area contributed by atoms with E-state index in [4.69, 9.17) is 5.11 Å². The monoisotopic (exact) mass is 288 g/mol. The van der Waals surface area contributed by atoms with E-state index >= 15 is 0 Å². The smallest absolute Gasteiger partial charge is 0.354 e. The molecule has 1 aromatic heterocycles. The first-order valence-electron chi connectivity index (χ1n) is 5.82. The van der Waals surface area contributed by atoms with Gasteiger partial charge in [0.15, 0.2) is 0 Å². The maximum atomic E-state index is 11.7. The van der Waals surface area contributed by atoms with Crippen LogP contribution in [0.1, 0.15) is 10.5 Å². The Balaban J connectivity index is 1.86. The summed E-state index contributed by atoms with van der Waals surface area (Å²) in [5.74, 6) is -0.976. The highest BCUT2D eigenvalue weighted by Crippen LogP contribution is 2.17. The van der Waals surface area contributed by atoms with Crippen LogP contribution in [0.15, 0.2) is 53.6 Å². The van der Waals surface area contributed by atoms with Crippen LogP contribution in [0.4, 0.5) is 5.69 Å². The molecular formula is C14H12N2O3S. The number of amides is 1. The molecule has 0 bridgehead atoms. The topological polar surface area (TPSA) is 79.3 Å². The highest BCUT2D eigenvalue weighted by Gasteiger charge is 2.06. The summed E-state index contributed by atoms with van der Waals surface area (Å²) in [6.07, 6.45) is 1.33. The molecule has 0 aliphatic rings. The fraction of sp³-hybridized carbons (Fsp3) is 0.0714. The van der Waals surface area contributed by atoms with Gasteiger partial charge in [0.1, 0.15) is 5.69 Å². The lowest BCUT2D eigenvalue weighted by Crippen LogP contribution is -2.14. The number of thioether (sulfide) groups is 1. The first-order chi connectivity index (χ1) is 9.65. The maximum Gasteiger partial charge on any atom is 0.354 e. The quantitative estimate of drug-likeness (QED) is 0.826. The minimum Gasteiger partial charge on any atom is -0.477 e. The predicted octanol–water partition coefficient (Wildman–Crippen LogP) is 2.51. The second-order valence-corrected chi connectivity index (χ2v) is 4.94. The predicted molar refractivity (Wildman–Crippen MR) is 77.0 cm³/mol. The second kappa shape index (κ2) is 6.72. The number of aromatic nitrogens is 1. The third kappa shape index (κ3) is 4.10. The van der Waals surface area contributed by atoms with E-state index in [9.17, 15) is 9.59 Å². The Hall–Kier alpha value is -2.34. The van der Waals surface area contributed by atoms with E-state index < -0.39 is 5.97 Å². The molecule has 20 heavy (non-hydrogen) atoms. The lowest BCUT2D eigenvalue weighted by molar-refractivity contribution is -0.113. The summed E-state index contributed by atoms with van der Waals surface area (Å²) in [6, 6.07) is 12.5. The van der Waals surface area contributed by atoms with Crippen molar-refractivity contribution >= 4 is 29.3 Å². The summed E-state index contributed by atoms with van der Waals surface area (Å²) < 4.78 is 0. The number of carbonyl (C=O) groups is 2. The zero-order valence-corrected chi connectivity index (χ0v) is 11.3. The van der Waals surface area contributed by atoms with Crippen molar-refractivity contribution in [2.24, 2.45) is 0 Å². The Morgan fingerprint density at radius 1 is 1.15 bits per heavy atom. The average molecular weight is 288 g/mol. The van der Waals surface area contributed by atoms with E-state index in [-0.39, 0.29) is 17.4 Å². The van der Waals surface area contributed by atoms with Gasteiger partial charge in [-0.3, -0.25) is 4.79 Å². The van der Waals surface area contributed by atoms with E-state index in [1.807, 2.05) is 30.3 Å². The zero-order chi connectivity index (χ0) is 14.4. The summed E-state index contributed by atoms with van der Waals surface area (Å²) in [5, 5.41) is 11.4. The average Bonchev–Trinajstić information content (AvgIpc) is 2.47. The number of aromatic carboxylic acids is 1. The molecule has 5 nitrogen and oxygen atoms in total. The molecule has 0 saturated carbocycles. The molecule has 1 aromatic carbocycles. The Bertz CT molecular complexity index is 600. The third-order valence-electron chi connectivity index (χ3n) is 2.38. The van der Waals surface area contributed by atoms with Gasteiger partial charge < -0.3 is 10.4 Å². The number of benzene rings is 1. The van der Waals surface area contributed by atoms with Gasteiger partial charge in [-0.2, -0.15) is 0 Å². The molecule has 0 spiro atoms. The highest BCUT2D eigenvalue weighted by molar-refractivity contribution is 8.00. The number of anilines is 1. The van der Waals surface area contributed by atoms with Crippen LogP contribution in [0.25, 0.3) is 0 Å². The first-order valence-corrected chi connectivity index (χ1v) is 6.81. The van der Waals surface area contributed by atoms with Crippen molar-refractivity contribution in [2.45, 2.75) is 4.90 Å². The number of carbonyl (C=O) groups excluding carboxylic acids is 1. The van der Waals surface area contributed by atoms with Gasteiger partial charge >= 0.3 is 5.97 Å². The Kier molecular flexibility index (Phi) is 4.73. The van der Waals surface area contributed by atoms with Gasteiger partial charge in [0.25, 0.3) is 0 Å². The SMILES string of the molecule is O=C(CSc1ccccc1)Nc1ccc(C(=O)O)nc1. The number of rotatable bonds is 5. The van der Waals surface area contributed by atoms with Crippen LogP contribution >= 0.6 is 11.8 Å². The number of hydrogen-bond donors (Lipinski definition) is 2. The van der Waals surface area contributed by atoms with Crippen LogP contribution in [-0.2, 0) is 4.79 Å². The largest absolute Gasteiger partial charge is 0.477 e. The number of hydrogen-bond acceptors (Lipinski definition) is 4. The fourth-order valence-electron chi connectivity index (χ4n) is 1.46. The standard InChI is InChI=1S/C14H12N2O3S/c17-13(9-20-11-4-2-1-3-5-11)16-10-6-7-12(14(18)19)15-8-10/h1-8H,9H2,(H,16,17)(H,18,19). The second-order valence-electron chi connectivity index (χ2n) is 3.89. The molecule has 2 rings (SSSR count). The highest BCUT2D eigenvalue weighted by atomic mass is 32.2. The molecule has 2 aromatic rings. The maximum absolute atomic E-state index is 11.7. The van der Waals surface area contributed by atoms with Crippen molar-refractivity contribution in [3.63, 3.8) is 0 Å². The molecule has 0 fully saturated rings. The van der Waals surface area contributed by atoms with Crippen molar-refractivity contribution in [1.29, 1.82) is 0 Å². The Morgan fingerprint density at radius 2 is 1.90 bits per heavy atom. The first kappa shape index (κ1) is 14.1. The van der Waals surface area contributed by atoms with Gasteiger partial charge in [0, 0.05) is 4.90 Å². The Labute approximate surface area is 120 Å². The Morgan fingerprint density at radius 3 is 2.50 bits per heavy atom. The van der Waals surface area contributed by atoms with Gasteiger partial charge in [-0.15, -0.1) is 11.8 Å². The number of carboxylic acids is 1. The minimum absolute atomic E-state index is 0.0540. The minimum atomic E-state index is -1.09. The van der Waals surface area contributed by atoms with E-state index in [0.717, 1.165) is 4.90 Å². The van der Waals surface area contributed by atoms with Crippen LogP contribution in [0.3, 0.4) is 0 Å². The van der Waals surface area contributed by atoms with Gasteiger partial charge in [-0.1, -0.05) is 18.2 Å². The van der Waals surface area contributed by atoms with Crippen LogP contribution in [0, 0.1) is 0 Å². The molecule has 0 unspecified atom stereocenters. The number of nitrogens with zero attached hydrogens (tertiary/aromatic N) is 1. The molecule has 0 atom stereocenters. The molecule has 1 heterocycles. The molecule has 0 saturated heterocycles. The molecule has 6 heteroatoms. The van der Waals surface area contributed by atoms with E-state index in [0.29, 0.717) is 5.69 Å². The summed E-state index contributed by atoms with van der Waals surface area (Å²) >= 11 is 1.43. The van der Waals surface area contributed by atoms with Crippen molar-refractivity contribution in [3.05, 3.63) is 54.4 Å². The number of pyridine rings is 1. The summed E-state index contributed by atoms with van der Waals surface area (Å²) in [7, 11) is 0. The lowest BCUT2D eigenvalue weighted by Gasteiger charge is -2.05. The molecule has 102 valence electrons. The summed E-state index contributed by atoms with van der Waals surface area (Å²) in [6.45, 7) is 0. The van der Waals surface area contributed by atoms with Gasteiger partial charge in [0.05, 0.1) is 17.6 Å². The van der Waals surface area contributed by atoms with E-state index in [1.165, 1.54) is 30.1 Å². The van der Waals surface area contributed by atoms with E-state index in [1.54, 1.807) is 0 Å². The van der Waals surface area contributed by atoms with Crippen molar-refractivity contribution in [3.8, 4) is 0 Å². The normalized spacial score (nSPS) is 10.0. The van der Waals surface area contributed by atoms with Crippen LogP contribution < -0.4 is 5.32 Å². The van der Waals surface area contributed by atoms with Gasteiger partial charge in [-0.05, 0) is 24.3 Å². The van der Waals surface area contributed by atoms with Crippen molar-refractivity contribution in [2.75, 3.05) is 11.1 Å². The summed E-state index contributed by atoms with van der Waals surface area (Å²) in [5.41, 5.74) is 0.426.